The Kier molecular flexibility index (Phi) is 6.67. The largest absolute Gasteiger partial charge is 0.497 e. The molecule has 0 fully saturated rings. The van der Waals surface area contributed by atoms with Crippen LogP contribution in [0.3, 0.4) is 0 Å². The lowest BCUT2D eigenvalue weighted by molar-refractivity contribution is 0.122. The first kappa shape index (κ1) is 15.8. The maximum absolute atomic E-state index is 9.29. The Balaban J connectivity index is 2.71. The van der Waals surface area contributed by atoms with Gasteiger partial charge >= 0.3 is 0 Å². The van der Waals surface area contributed by atoms with E-state index in [0.717, 1.165) is 30.2 Å². The number of hydrogen-bond acceptors (Lipinski definition) is 4. The summed E-state index contributed by atoms with van der Waals surface area (Å²) in [6.07, 6.45) is -0.474. The van der Waals surface area contributed by atoms with Crippen LogP contribution in [0.15, 0.2) is 18.2 Å². The predicted molar refractivity (Wildman–Crippen MR) is 76.7 cm³/mol. The van der Waals surface area contributed by atoms with E-state index in [1.54, 1.807) is 14.0 Å². The molecule has 0 heterocycles. The Morgan fingerprint density at radius 3 is 2.58 bits per heavy atom. The first-order chi connectivity index (χ1) is 9.02. The Hall–Kier alpha value is -1.26. The van der Waals surface area contributed by atoms with E-state index in [1.807, 2.05) is 18.2 Å². The lowest BCUT2D eigenvalue weighted by atomic mass is 10.1. The van der Waals surface area contributed by atoms with Gasteiger partial charge in [0.05, 0.1) is 13.2 Å². The molecule has 0 radical (unpaired) electrons. The van der Waals surface area contributed by atoms with Crippen molar-refractivity contribution in [1.82, 2.24) is 5.32 Å². The number of benzene rings is 1. The smallest absolute Gasteiger partial charge is 0.124 e. The van der Waals surface area contributed by atoms with Crippen LogP contribution in [0.1, 0.15) is 26.3 Å². The molecule has 1 aromatic rings. The van der Waals surface area contributed by atoms with Crippen LogP contribution in [0.2, 0.25) is 0 Å². The number of methoxy groups -OCH3 is 1. The molecule has 4 heteroatoms. The van der Waals surface area contributed by atoms with Crippen molar-refractivity contribution in [3.8, 4) is 11.5 Å². The number of aliphatic hydroxyl groups excluding tert-OH is 1. The Morgan fingerprint density at radius 2 is 2.00 bits per heavy atom. The summed E-state index contributed by atoms with van der Waals surface area (Å²) in [5.74, 6) is 2.20. The quantitative estimate of drug-likeness (QED) is 0.758. The Bertz CT molecular complexity index is 378. The van der Waals surface area contributed by atoms with E-state index in [4.69, 9.17) is 9.47 Å². The van der Waals surface area contributed by atoms with Crippen molar-refractivity contribution < 1.29 is 14.6 Å². The zero-order valence-electron chi connectivity index (χ0n) is 12.3. The second kappa shape index (κ2) is 8.02. The van der Waals surface area contributed by atoms with Crippen LogP contribution in [-0.2, 0) is 6.54 Å². The molecule has 108 valence electrons. The molecular weight excluding hydrogens is 242 g/mol. The number of ether oxygens (including phenoxy) is 2. The number of aliphatic hydroxyl groups is 1. The van der Waals surface area contributed by atoms with Crippen molar-refractivity contribution in [3.63, 3.8) is 0 Å². The summed E-state index contributed by atoms with van der Waals surface area (Å²) in [7, 11) is 1.65. The third kappa shape index (κ3) is 5.94. The first-order valence-corrected chi connectivity index (χ1v) is 6.71. The van der Waals surface area contributed by atoms with E-state index >= 15 is 0 Å². The van der Waals surface area contributed by atoms with Crippen LogP contribution in [0.25, 0.3) is 0 Å². The third-order valence-corrected chi connectivity index (χ3v) is 2.62. The molecule has 0 amide bonds. The molecule has 1 unspecified atom stereocenters. The van der Waals surface area contributed by atoms with E-state index in [1.165, 1.54) is 0 Å². The van der Waals surface area contributed by atoms with E-state index in [-0.39, 0.29) is 0 Å². The monoisotopic (exact) mass is 267 g/mol. The number of rotatable bonds is 8. The number of nitrogens with one attached hydrogen (secondary N) is 1. The summed E-state index contributed by atoms with van der Waals surface area (Å²) in [6, 6.07) is 5.71. The van der Waals surface area contributed by atoms with Crippen LogP contribution >= 0.6 is 0 Å². The van der Waals surface area contributed by atoms with Crippen LogP contribution in [0.4, 0.5) is 0 Å². The van der Waals surface area contributed by atoms with E-state index < -0.39 is 6.10 Å². The molecule has 1 rings (SSSR count). The van der Waals surface area contributed by atoms with Crippen molar-refractivity contribution in [2.24, 2.45) is 5.92 Å². The van der Waals surface area contributed by atoms with Crippen molar-refractivity contribution >= 4 is 0 Å². The SMILES string of the molecule is COc1ccc(OCC(C)O)c(CNCC(C)C)c1. The summed E-state index contributed by atoms with van der Waals surface area (Å²) in [5.41, 5.74) is 1.04. The highest BCUT2D eigenvalue weighted by molar-refractivity contribution is 5.40. The minimum atomic E-state index is -0.474. The van der Waals surface area contributed by atoms with Gasteiger partial charge in [-0.15, -0.1) is 0 Å². The number of hydrogen-bond donors (Lipinski definition) is 2. The molecule has 0 aromatic heterocycles. The fourth-order valence-corrected chi connectivity index (χ4v) is 1.67. The van der Waals surface area contributed by atoms with E-state index in [9.17, 15) is 5.11 Å². The topological polar surface area (TPSA) is 50.7 Å². The van der Waals surface area contributed by atoms with Crippen LogP contribution < -0.4 is 14.8 Å². The maximum atomic E-state index is 9.29. The molecule has 1 aromatic carbocycles. The standard InChI is InChI=1S/C15H25NO3/c1-11(2)8-16-9-13-7-14(18-4)5-6-15(13)19-10-12(3)17/h5-7,11-12,16-17H,8-10H2,1-4H3. The van der Waals surface area contributed by atoms with Crippen LogP contribution in [0.5, 0.6) is 11.5 Å². The molecule has 0 spiro atoms. The van der Waals surface area contributed by atoms with E-state index in [0.29, 0.717) is 12.5 Å². The van der Waals surface area contributed by atoms with Gasteiger partial charge in [-0.05, 0) is 37.6 Å². The normalized spacial score (nSPS) is 12.5. The van der Waals surface area contributed by atoms with Gasteiger partial charge in [0.15, 0.2) is 0 Å². The highest BCUT2D eigenvalue weighted by atomic mass is 16.5. The van der Waals surface area contributed by atoms with Gasteiger partial charge in [0.1, 0.15) is 18.1 Å². The summed E-state index contributed by atoms with van der Waals surface area (Å²) in [6.45, 7) is 8.02. The molecule has 2 N–H and O–H groups in total. The molecule has 0 aliphatic carbocycles. The molecule has 0 saturated carbocycles. The third-order valence-electron chi connectivity index (χ3n) is 2.62. The van der Waals surface area contributed by atoms with Gasteiger partial charge in [-0.3, -0.25) is 0 Å². The van der Waals surface area contributed by atoms with Crippen molar-refractivity contribution in [3.05, 3.63) is 23.8 Å². The Labute approximate surface area is 115 Å². The Morgan fingerprint density at radius 1 is 1.26 bits per heavy atom. The molecule has 0 aliphatic rings. The summed E-state index contributed by atoms with van der Waals surface area (Å²) < 4.78 is 10.8. The highest BCUT2D eigenvalue weighted by Crippen LogP contribution is 2.24. The van der Waals surface area contributed by atoms with Crippen LogP contribution in [-0.4, -0.2) is 31.5 Å². The second-order valence-corrected chi connectivity index (χ2v) is 5.16. The van der Waals surface area contributed by atoms with Gasteiger partial charge in [-0.25, -0.2) is 0 Å². The van der Waals surface area contributed by atoms with Gasteiger partial charge in [-0.1, -0.05) is 13.8 Å². The summed E-state index contributed by atoms with van der Waals surface area (Å²) >= 11 is 0. The average molecular weight is 267 g/mol. The summed E-state index contributed by atoms with van der Waals surface area (Å²) in [5, 5.41) is 12.7. The fourth-order valence-electron chi connectivity index (χ4n) is 1.67. The van der Waals surface area contributed by atoms with Crippen molar-refractivity contribution in [2.75, 3.05) is 20.3 Å². The highest BCUT2D eigenvalue weighted by Gasteiger charge is 2.07. The van der Waals surface area contributed by atoms with Gasteiger partial charge in [0.25, 0.3) is 0 Å². The average Bonchev–Trinajstić information content (AvgIpc) is 2.36. The maximum Gasteiger partial charge on any atom is 0.124 e. The molecule has 0 bridgehead atoms. The fraction of sp³-hybridized carbons (Fsp3) is 0.600. The van der Waals surface area contributed by atoms with Gasteiger partial charge < -0.3 is 19.9 Å². The molecule has 19 heavy (non-hydrogen) atoms. The van der Waals surface area contributed by atoms with E-state index in [2.05, 4.69) is 19.2 Å². The van der Waals surface area contributed by atoms with Crippen LogP contribution in [0, 0.1) is 5.92 Å². The van der Waals surface area contributed by atoms with Crippen molar-refractivity contribution in [2.45, 2.75) is 33.4 Å². The molecule has 0 saturated heterocycles. The summed E-state index contributed by atoms with van der Waals surface area (Å²) in [4.78, 5) is 0. The predicted octanol–water partition coefficient (Wildman–Crippen LogP) is 2.20. The van der Waals surface area contributed by atoms with Gasteiger partial charge in [0.2, 0.25) is 0 Å². The zero-order chi connectivity index (χ0) is 14.3. The lowest BCUT2D eigenvalue weighted by Gasteiger charge is -2.15. The molecule has 0 aliphatic heterocycles. The molecule has 4 nitrogen and oxygen atoms in total. The van der Waals surface area contributed by atoms with Crippen molar-refractivity contribution in [1.29, 1.82) is 0 Å². The molecular formula is C15H25NO3. The lowest BCUT2D eigenvalue weighted by Crippen LogP contribution is -2.20. The zero-order valence-corrected chi connectivity index (χ0v) is 12.3. The molecule has 1 atom stereocenters. The minimum absolute atomic E-state index is 0.295. The van der Waals surface area contributed by atoms with Gasteiger partial charge in [0, 0.05) is 12.1 Å². The second-order valence-electron chi connectivity index (χ2n) is 5.16. The van der Waals surface area contributed by atoms with Gasteiger partial charge in [-0.2, -0.15) is 0 Å². The minimum Gasteiger partial charge on any atom is -0.497 e. The first-order valence-electron chi connectivity index (χ1n) is 6.71.